The molecule has 0 fully saturated rings. The largest absolute Gasteiger partial charge is 1.00 e. The summed E-state index contributed by atoms with van der Waals surface area (Å²) in [5.74, 6) is 0. The summed E-state index contributed by atoms with van der Waals surface area (Å²) < 4.78 is 0. The fraction of sp³-hybridized carbons (Fsp3) is 0.500. The van der Waals surface area contributed by atoms with Crippen LogP contribution in [0, 0.1) is 6.92 Å². The molecule has 0 heterocycles. The van der Waals surface area contributed by atoms with Gasteiger partial charge in [-0.3, -0.25) is 0 Å². The van der Waals surface area contributed by atoms with Gasteiger partial charge in [-0.05, 0) is 6.42 Å². The monoisotopic (exact) mass is 106 g/mol. The van der Waals surface area contributed by atoms with E-state index in [0.29, 0.717) is 0 Å². The SMILES string of the molecule is [CH2-]CC=CCC.[Na+]. The third kappa shape index (κ3) is 10.8. The van der Waals surface area contributed by atoms with Crippen molar-refractivity contribution in [2.75, 3.05) is 0 Å². The number of rotatable bonds is 2. The molecule has 0 saturated heterocycles. The van der Waals surface area contributed by atoms with Crippen LogP contribution in [0.25, 0.3) is 0 Å². The van der Waals surface area contributed by atoms with Crippen LogP contribution in [0.5, 0.6) is 0 Å². The predicted molar refractivity (Wildman–Crippen MR) is 29.4 cm³/mol. The maximum atomic E-state index is 3.64. The summed E-state index contributed by atoms with van der Waals surface area (Å²) in [4.78, 5) is 0. The van der Waals surface area contributed by atoms with Crippen LogP contribution in [0.2, 0.25) is 0 Å². The topological polar surface area (TPSA) is 0 Å². The van der Waals surface area contributed by atoms with E-state index < -0.39 is 0 Å². The van der Waals surface area contributed by atoms with Crippen molar-refractivity contribution in [3.63, 3.8) is 0 Å². The fourth-order valence-corrected chi connectivity index (χ4v) is 0.285. The average molecular weight is 106 g/mol. The summed E-state index contributed by atoms with van der Waals surface area (Å²) in [7, 11) is 0. The standard InChI is InChI=1S/C6H11.Na/c1-3-5-6-4-2;/h5-6H,1,3-4H2,2H3;/q-1;+1. The molecule has 0 radical (unpaired) electrons. The molecule has 0 aliphatic heterocycles. The number of hydrogen-bond acceptors (Lipinski definition) is 0. The molecule has 0 atom stereocenters. The van der Waals surface area contributed by atoms with Crippen LogP contribution in [0.4, 0.5) is 0 Å². The first-order chi connectivity index (χ1) is 2.91. The Balaban J connectivity index is 0. The Kier molecular flexibility index (Phi) is 15.1. The minimum atomic E-state index is 0. The van der Waals surface area contributed by atoms with E-state index >= 15 is 0 Å². The van der Waals surface area contributed by atoms with Gasteiger partial charge in [-0.15, -0.1) is 6.08 Å². The summed E-state index contributed by atoms with van der Waals surface area (Å²) >= 11 is 0. The minimum Gasteiger partial charge on any atom is -0.340 e. The van der Waals surface area contributed by atoms with Crippen LogP contribution in [0.15, 0.2) is 12.2 Å². The maximum Gasteiger partial charge on any atom is 1.00 e. The van der Waals surface area contributed by atoms with Gasteiger partial charge in [0, 0.05) is 0 Å². The van der Waals surface area contributed by atoms with E-state index in [1.165, 1.54) is 0 Å². The zero-order valence-corrected chi connectivity index (χ0v) is 7.28. The Morgan fingerprint density at radius 3 is 2.14 bits per heavy atom. The molecule has 0 spiro atoms. The van der Waals surface area contributed by atoms with Gasteiger partial charge < -0.3 is 6.92 Å². The van der Waals surface area contributed by atoms with Gasteiger partial charge in [0.2, 0.25) is 0 Å². The molecule has 0 aromatic rings. The van der Waals surface area contributed by atoms with E-state index in [1.54, 1.807) is 0 Å². The van der Waals surface area contributed by atoms with E-state index in [9.17, 15) is 0 Å². The molecule has 0 aliphatic carbocycles. The van der Waals surface area contributed by atoms with E-state index in [1.807, 2.05) is 0 Å². The van der Waals surface area contributed by atoms with Gasteiger partial charge in [0.1, 0.15) is 0 Å². The smallest absolute Gasteiger partial charge is 0.340 e. The average Bonchev–Trinajstić information content (AvgIpc) is 1.61. The summed E-state index contributed by atoms with van der Waals surface area (Å²) in [6, 6.07) is 0. The third-order valence-corrected chi connectivity index (χ3v) is 0.569. The van der Waals surface area contributed by atoms with E-state index in [4.69, 9.17) is 0 Å². The van der Waals surface area contributed by atoms with Crippen molar-refractivity contribution in [1.29, 1.82) is 0 Å². The van der Waals surface area contributed by atoms with Crippen molar-refractivity contribution in [2.45, 2.75) is 19.8 Å². The van der Waals surface area contributed by atoms with Gasteiger partial charge in [0.25, 0.3) is 0 Å². The Morgan fingerprint density at radius 1 is 1.43 bits per heavy atom. The second-order valence-corrected chi connectivity index (χ2v) is 1.17. The van der Waals surface area contributed by atoms with Crippen molar-refractivity contribution < 1.29 is 29.6 Å². The van der Waals surface area contributed by atoms with Crippen molar-refractivity contribution in [3.05, 3.63) is 19.1 Å². The van der Waals surface area contributed by atoms with E-state index in [-0.39, 0.29) is 29.6 Å². The van der Waals surface area contributed by atoms with Crippen molar-refractivity contribution in [1.82, 2.24) is 0 Å². The van der Waals surface area contributed by atoms with E-state index in [0.717, 1.165) is 12.8 Å². The molecule has 0 bridgehead atoms. The first-order valence-electron chi connectivity index (χ1n) is 2.36. The van der Waals surface area contributed by atoms with Crippen LogP contribution in [0.3, 0.4) is 0 Å². The van der Waals surface area contributed by atoms with Crippen LogP contribution in [-0.2, 0) is 0 Å². The Labute approximate surface area is 68.3 Å². The molecule has 1 heteroatoms. The Morgan fingerprint density at radius 2 is 2.00 bits per heavy atom. The zero-order chi connectivity index (χ0) is 4.83. The predicted octanol–water partition coefficient (Wildman–Crippen LogP) is -0.819. The van der Waals surface area contributed by atoms with Gasteiger partial charge in [0.15, 0.2) is 0 Å². The normalized spacial score (nSPS) is 8.86. The molecule has 0 amide bonds. The minimum absolute atomic E-state index is 0. The second-order valence-electron chi connectivity index (χ2n) is 1.17. The summed E-state index contributed by atoms with van der Waals surface area (Å²) in [5, 5.41) is 0. The Bertz CT molecular complexity index is 33.4. The van der Waals surface area contributed by atoms with Crippen LogP contribution in [-0.4, -0.2) is 0 Å². The fourth-order valence-electron chi connectivity index (χ4n) is 0.285. The maximum absolute atomic E-state index is 3.64. The Hall–Kier alpha value is 0.740. The molecule has 0 aliphatic rings. The first kappa shape index (κ1) is 10.7. The van der Waals surface area contributed by atoms with Gasteiger partial charge in [-0.25, -0.2) is 0 Å². The summed E-state index contributed by atoms with van der Waals surface area (Å²) in [6.45, 7) is 5.75. The molecule has 0 unspecified atom stereocenters. The second kappa shape index (κ2) is 9.88. The summed E-state index contributed by atoms with van der Waals surface area (Å²) in [6.07, 6.45) is 6.25. The van der Waals surface area contributed by atoms with Crippen LogP contribution in [0.1, 0.15) is 19.8 Å². The molecule has 0 nitrogen and oxygen atoms in total. The molecular weight excluding hydrogens is 95.1 g/mol. The van der Waals surface area contributed by atoms with Crippen molar-refractivity contribution in [3.8, 4) is 0 Å². The number of allylic oxidation sites excluding steroid dienone is 2. The van der Waals surface area contributed by atoms with Gasteiger partial charge in [0.05, 0.1) is 0 Å². The number of hydrogen-bond donors (Lipinski definition) is 0. The molecule has 0 saturated carbocycles. The molecule has 7 heavy (non-hydrogen) atoms. The molecule has 0 aromatic carbocycles. The molecular formula is C6H11Na. The van der Waals surface area contributed by atoms with Gasteiger partial charge in [-0.1, -0.05) is 13.0 Å². The third-order valence-electron chi connectivity index (χ3n) is 0.569. The molecule has 0 N–H and O–H groups in total. The van der Waals surface area contributed by atoms with Crippen LogP contribution >= 0.6 is 0 Å². The van der Waals surface area contributed by atoms with E-state index in [2.05, 4.69) is 26.0 Å². The van der Waals surface area contributed by atoms with Crippen LogP contribution < -0.4 is 29.6 Å². The van der Waals surface area contributed by atoms with Gasteiger partial charge in [-0.2, -0.15) is 6.42 Å². The molecule has 36 valence electrons. The zero-order valence-electron chi connectivity index (χ0n) is 5.28. The van der Waals surface area contributed by atoms with Gasteiger partial charge >= 0.3 is 29.6 Å². The summed E-state index contributed by atoms with van der Waals surface area (Å²) in [5.41, 5.74) is 0. The quantitative estimate of drug-likeness (QED) is 0.245. The molecule has 0 rings (SSSR count). The van der Waals surface area contributed by atoms with Crippen molar-refractivity contribution in [2.24, 2.45) is 0 Å². The van der Waals surface area contributed by atoms with Crippen molar-refractivity contribution >= 4 is 0 Å². The first-order valence-corrected chi connectivity index (χ1v) is 2.36. The molecule has 0 aromatic heterocycles.